The molecule has 0 saturated carbocycles. The standard InChI is InChI=1S/C25H26ClNO5.H3NS/c1-27(2)9-10-30-22-11-16(5-7-20(22)26)18-13-23(28-3)24(29-4)14-19(18)17-6-8-21-25(12-17)32-15-31-21;1-2/h5-8,11-14H,9-10,15H2,1-4H3;2H,1H2. The fourth-order valence-electron chi connectivity index (χ4n) is 3.54. The molecule has 2 N–H and O–H groups in total. The molecule has 0 atom stereocenters. The van der Waals surface area contributed by atoms with Gasteiger partial charge >= 0.3 is 0 Å². The molecule has 7 nitrogen and oxygen atoms in total. The van der Waals surface area contributed by atoms with Crippen LogP contribution in [-0.4, -0.2) is 53.2 Å². The molecule has 34 heavy (non-hydrogen) atoms. The highest BCUT2D eigenvalue weighted by atomic mass is 35.5. The quantitative estimate of drug-likeness (QED) is 0.411. The van der Waals surface area contributed by atoms with Crippen molar-refractivity contribution in [2.24, 2.45) is 5.14 Å². The molecule has 0 radical (unpaired) electrons. The van der Waals surface area contributed by atoms with Crippen molar-refractivity contribution in [2.45, 2.75) is 0 Å². The molecule has 0 amide bonds. The summed E-state index contributed by atoms with van der Waals surface area (Å²) >= 11 is 9.44. The van der Waals surface area contributed by atoms with Gasteiger partial charge in [0, 0.05) is 6.54 Å². The lowest BCUT2D eigenvalue weighted by molar-refractivity contribution is 0.174. The van der Waals surface area contributed by atoms with E-state index < -0.39 is 0 Å². The number of hydrogen-bond acceptors (Lipinski definition) is 8. The van der Waals surface area contributed by atoms with Crippen LogP contribution in [0.1, 0.15) is 0 Å². The normalized spacial score (nSPS) is 11.6. The minimum absolute atomic E-state index is 0.225. The first-order valence-electron chi connectivity index (χ1n) is 10.5. The lowest BCUT2D eigenvalue weighted by Crippen LogP contribution is -2.19. The minimum Gasteiger partial charge on any atom is -0.493 e. The third-order valence-electron chi connectivity index (χ3n) is 5.25. The zero-order valence-electron chi connectivity index (χ0n) is 19.6. The highest BCUT2D eigenvalue weighted by Gasteiger charge is 2.19. The number of methoxy groups -OCH3 is 2. The number of likely N-dealkylation sites (N-methyl/N-ethyl adjacent to an activating group) is 1. The van der Waals surface area contributed by atoms with E-state index in [1.807, 2.05) is 62.6 Å². The number of nitrogens with two attached hydrogens (primary N) is 1. The Kier molecular flexibility index (Phi) is 9.18. The maximum atomic E-state index is 6.41. The zero-order valence-corrected chi connectivity index (χ0v) is 21.3. The monoisotopic (exact) mass is 504 g/mol. The van der Waals surface area contributed by atoms with Crippen molar-refractivity contribution in [2.75, 3.05) is 48.3 Å². The van der Waals surface area contributed by atoms with Crippen LogP contribution in [0.25, 0.3) is 22.3 Å². The number of rotatable bonds is 8. The molecule has 0 fully saturated rings. The molecule has 4 rings (SSSR count). The number of benzene rings is 3. The van der Waals surface area contributed by atoms with Gasteiger partial charge in [-0.25, -0.2) is 0 Å². The van der Waals surface area contributed by atoms with E-state index in [0.717, 1.165) is 34.5 Å². The molecule has 1 heterocycles. The van der Waals surface area contributed by atoms with E-state index in [9.17, 15) is 0 Å². The number of thiol groups is 1. The molecule has 0 spiro atoms. The predicted octanol–water partition coefficient (Wildman–Crippen LogP) is 5.15. The fraction of sp³-hybridized carbons (Fsp3) is 0.280. The summed E-state index contributed by atoms with van der Waals surface area (Å²) in [7, 11) is 7.25. The van der Waals surface area contributed by atoms with Gasteiger partial charge < -0.3 is 28.6 Å². The third kappa shape index (κ3) is 5.82. The van der Waals surface area contributed by atoms with Crippen molar-refractivity contribution >= 4 is 24.4 Å². The van der Waals surface area contributed by atoms with Crippen LogP contribution < -0.4 is 28.8 Å². The summed E-state index contributed by atoms with van der Waals surface area (Å²) in [6, 6.07) is 15.6. The Balaban J connectivity index is 0.00000158. The Morgan fingerprint density at radius 1 is 0.853 bits per heavy atom. The average Bonchev–Trinajstić information content (AvgIpc) is 3.33. The summed E-state index contributed by atoms with van der Waals surface area (Å²) in [5.74, 6) is 3.36. The van der Waals surface area contributed by atoms with Gasteiger partial charge in [-0.15, -0.1) is 12.8 Å². The first-order chi connectivity index (χ1) is 16.5. The van der Waals surface area contributed by atoms with Crippen LogP contribution in [0.3, 0.4) is 0 Å². The molecular weight excluding hydrogens is 476 g/mol. The molecule has 9 heteroatoms. The fourth-order valence-corrected chi connectivity index (χ4v) is 3.71. The molecule has 0 bridgehead atoms. The van der Waals surface area contributed by atoms with E-state index in [4.69, 9.17) is 35.3 Å². The van der Waals surface area contributed by atoms with E-state index in [2.05, 4.69) is 22.9 Å². The predicted molar refractivity (Wildman–Crippen MR) is 139 cm³/mol. The first kappa shape index (κ1) is 25.8. The van der Waals surface area contributed by atoms with Gasteiger partial charge in [-0.3, -0.25) is 5.14 Å². The Labute approximate surface area is 210 Å². The summed E-state index contributed by atoms with van der Waals surface area (Å²) in [5, 5.41) is 4.76. The Hall–Kier alpha value is -2.78. The third-order valence-corrected chi connectivity index (χ3v) is 5.56. The van der Waals surface area contributed by atoms with Gasteiger partial charge in [0.2, 0.25) is 6.79 Å². The van der Waals surface area contributed by atoms with Crippen LogP contribution in [-0.2, 0) is 0 Å². The summed E-state index contributed by atoms with van der Waals surface area (Å²) < 4.78 is 28.1. The number of nitrogens with zero attached hydrogens (tertiary/aromatic N) is 1. The lowest BCUT2D eigenvalue weighted by atomic mass is 9.93. The van der Waals surface area contributed by atoms with E-state index in [1.54, 1.807) is 14.2 Å². The maximum absolute atomic E-state index is 6.41. The van der Waals surface area contributed by atoms with Crippen LogP contribution >= 0.6 is 24.4 Å². The van der Waals surface area contributed by atoms with Crippen LogP contribution in [0, 0.1) is 0 Å². The summed E-state index contributed by atoms with van der Waals surface area (Å²) in [6.45, 7) is 1.55. The molecule has 0 saturated heterocycles. The molecule has 0 aliphatic carbocycles. The highest BCUT2D eigenvalue weighted by molar-refractivity contribution is 7.77. The number of halogens is 1. The van der Waals surface area contributed by atoms with Crippen LogP contribution in [0.15, 0.2) is 48.5 Å². The molecule has 1 aliphatic rings. The van der Waals surface area contributed by atoms with Gasteiger partial charge in [0.15, 0.2) is 23.0 Å². The van der Waals surface area contributed by atoms with E-state index in [0.29, 0.717) is 34.6 Å². The van der Waals surface area contributed by atoms with Crippen LogP contribution in [0.2, 0.25) is 5.02 Å². The second kappa shape index (κ2) is 12.1. The average molecular weight is 505 g/mol. The molecule has 3 aromatic rings. The molecule has 0 unspecified atom stereocenters. The second-order valence-electron chi connectivity index (χ2n) is 7.62. The summed E-state index contributed by atoms with van der Waals surface area (Å²) in [5.41, 5.74) is 3.83. The van der Waals surface area contributed by atoms with Crippen molar-refractivity contribution < 1.29 is 23.7 Å². The lowest BCUT2D eigenvalue weighted by Gasteiger charge is -2.17. The Bertz CT molecular complexity index is 1130. The Morgan fingerprint density at radius 3 is 2.06 bits per heavy atom. The van der Waals surface area contributed by atoms with Crippen LogP contribution in [0.4, 0.5) is 0 Å². The van der Waals surface area contributed by atoms with Crippen LogP contribution in [0.5, 0.6) is 28.7 Å². The zero-order chi connectivity index (χ0) is 24.7. The van der Waals surface area contributed by atoms with Gasteiger partial charge in [0.25, 0.3) is 0 Å². The van der Waals surface area contributed by atoms with Crippen molar-refractivity contribution in [3.05, 3.63) is 53.6 Å². The van der Waals surface area contributed by atoms with E-state index >= 15 is 0 Å². The van der Waals surface area contributed by atoms with Gasteiger partial charge in [0.05, 0.1) is 19.2 Å². The highest BCUT2D eigenvalue weighted by Crippen LogP contribution is 2.44. The smallest absolute Gasteiger partial charge is 0.231 e. The van der Waals surface area contributed by atoms with Crippen molar-refractivity contribution in [3.8, 4) is 51.0 Å². The number of hydrogen-bond donors (Lipinski definition) is 2. The topological polar surface area (TPSA) is 75.4 Å². The molecule has 3 aromatic carbocycles. The maximum Gasteiger partial charge on any atom is 0.231 e. The van der Waals surface area contributed by atoms with Crippen molar-refractivity contribution in [1.82, 2.24) is 4.90 Å². The Morgan fingerprint density at radius 2 is 1.44 bits per heavy atom. The SMILES string of the molecule is COc1cc(-c2ccc(Cl)c(OCCN(C)C)c2)c(-c2ccc3c(c2)OCO3)cc1OC.NS. The van der Waals surface area contributed by atoms with Crippen molar-refractivity contribution in [1.29, 1.82) is 0 Å². The van der Waals surface area contributed by atoms with Crippen molar-refractivity contribution in [3.63, 3.8) is 0 Å². The van der Waals surface area contributed by atoms with Gasteiger partial charge in [-0.1, -0.05) is 23.7 Å². The number of fused-ring (bicyclic) bond motifs is 1. The first-order valence-corrected chi connectivity index (χ1v) is 11.4. The van der Waals surface area contributed by atoms with Gasteiger partial charge in [-0.05, 0) is 72.7 Å². The molecule has 0 aromatic heterocycles. The minimum atomic E-state index is 0.225. The summed E-state index contributed by atoms with van der Waals surface area (Å²) in [4.78, 5) is 2.06. The summed E-state index contributed by atoms with van der Waals surface area (Å²) in [6.07, 6.45) is 0. The second-order valence-corrected chi connectivity index (χ2v) is 8.02. The van der Waals surface area contributed by atoms with E-state index in [1.165, 1.54) is 0 Å². The number of ether oxygens (including phenoxy) is 5. The molecular formula is C25H29ClN2O5S. The van der Waals surface area contributed by atoms with Gasteiger partial charge in [0.1, 0.15) is 12.4 Å². The molecule has 1 aliphatic heterocycles. The van der Waals surface area contributed by atoms with Gasteiger partial charge in [-0.2, -0.15) is 0 Å². The molecule has 182 valence electrons. The largest absolute Gasteiger partial charge is 0.493 e. The van der Waals surface area contributed by atoms with E-state index in [-0.39, 0.29) is 6.79 Å².